The summed E-state index contributed by atoms with van der Waals surface area (Å²) in [5.41, 5.74) is 2.38. The molecular weight excluding hydrogens is 268 g/mol. The maximum Gasteiger partial charge on any atom is 0.0867 e. The molecule has 0 aliphatic rings. The monoisotopic (exact) mass is 288 g/mol. The molecule has 2 aromatic carbocycles. The van der Waals surface area contributed by atoms with Crippen molar-refractivity contribution in [2.45, 2.75) is 24.5 Å². The highest BCUT2D eigenvalue weighted by Gasteiger charge is 2.06. The first-order valence-corrected chi connectivity index (χ1v) is 7.72. The predicted molar refractivity (Wildman–Crippen MR) is 84.0 cm³/mol. The van der Waals surface area contributed by atoms with Crippen LogP contribution < -0.4 is 0 Å². The van der Waals surface area contributed by atoms with Gasteiger partial charge in [-0.15, -0.1) is 11.8 Å². The summed E-state index contributed by atoms with van der Waals surface area (Å²) < 4.78 is 5.54. The molecule has 0 radical (unpaired) electrons. The van der Waals surface area contributed by atoms with Crippen LogP contribution in [0.4, 0.5) is 0 Å². The highest BCUT2D eigenvalue weighted by molar-refractivity contribution is 7.99. The van der Waals surface area contributed by atoms with E-state index in [1.165, 1.54) is 10.5 Å². The summed E-state index contributed by atoms with van der Waals surface area (Å²) in [6.07, 6.45) is -0.441. The maximum atomic E-state index is 9.93. The van der Waals surface area contributed by atoms with Crippen LogP contribution in [0.1, 0.15) is 11.1 Å². The van der Waals surface area contributed by atoms with Crippen LogP contribution in [0.3, 0.4) is 0 Å². The van der Waals surface area contributed by atoms with Crippen molar-refractivity contribution in [3.63, 3.8) is 0 Å². The summed E-state index contributed by atoms with van der Waals surface area (Å²) in [5, 5.41) is 9.93. The SMILES string of the molecule is Cc1ccccc1SCC(O)COCc1ccccc1. The van der Waals surface area contributed by atoms with Crippen molar-refractivity contribution < 1.29 is 9.84 Å². The predicted octanol–water partition coefficient (Wildman–Crippen LogP) is 3.66. The van der Waals surface area contributed by atoms with E-state index in [-0.39, 0.29) is 0 Å². The third kappa shape index (κ3) is 5.00. The highest BCUT2D eigenvalue weighted by atomic mass is 32.2. The minimum Gasteiger partial charge on any atom is -0.390 e. The molecule has 3 heteroatoms. The van der Waals surface area contributed by atoms with Crippen LogP contribution in [0.15, 0.2) is 59.5 Å². The Kier molecular flexibility index (Phi) is 6.12. The summed E-state index contributed by atoms with van der Waals surface area (Å²) in [4.78, 5) is 1.22. The Morgan fingerprint density at radius 1 is 1.05 bits per heavy atom. The Hall–Kier alpha value is -1.29. The van der Waals surface area contributed by atoms with Gasteiger partial charge in [-0.3, -0.25) is 0 Å². The zero-order valence-corrected chi connectivity index (χ0v) is 12.5. The van der Waals surface area contributed by atoms with Gasteiger partial charge in [0.25, 0.3) is 0 Å². The van der Waals surface area contributed by atoms with E-state index in [0.29, 0.717) is 19.0 Å². The van der Waals surface area contributed by atoms with Crippen LogP contribution in [0.2, 0.25) is 0 Å². The molecule has 1 unspecified atom stereocenters. The second kappa shape index (κ2) is 8.10. The maximum absolute atomic E-state index is 9.93. The number of hydrogen-bond acceptors (Lipinski definition) is 3. The molecule has 0 spiro atoms. The number of thioether (sulfide) groups is 1. The number of aryl methyl sites for hydroxylation is 1. The average molecular weight is 288 g/mol. The fourth-order valence-electron chi connectivity index (χ4n) is 1.84. The Labute approximate surface area is 124 Å². The molecule has 0 saturated carbocycles. The number of rotatable bonds is 7. The van der Waals surface area contributed by atoms with Crippen LogP contribution in [0, 0.1) is 6.92 Å². The topological polar surface area (TPSA) is 29.5 Å². The summed E-state index contributed by atoms with van der Waals surface area (Å²) in [6, 6.07) is 18.2. The van der Waals surface area contributed by atoms with Crippen LogP contribution in [0.25, 0.3) is 0 Å². The van der Waals surface area contributed by atoms with Gasteiger partial charge in [0.2, 0.25) is 0 Å². The minimum absolute atomic E-state index is 0.369. The first-order chi connectivity index (χ1) is 9.75. The van der Waals surface area contributed by atoms with E-state index in [1.54, 1.807) is 11.8 Å². The smallest absolute Gasteiger partial charge is 0.0867 e. The van der Waals surface area contributed by atoms with Gasteiger partial charge >= 0.3 is 0 Å². The molecule has 0 aromatic heterocycles. The lowest BCUT2D eigenvalue weighted by molar-refractivity contribution is 0.0398. The Balaban J connectivity index is 1.68. The summed E-state index contributed by atoms with van der Waals surface area (Å²) in [7, 11) is 0. The Bertz CT molecular complexity index is 513. The minimum atomic E-state index is -0.441. The van der Waals surface area contributed by atoms with Gasteiger partial charge < -0.3 is 9.84 Å². The normalized spacial score (nSPS) is 12.3. The van der Waals surface area contributed by atoms with Crippen molar-refractivity contribution in [2.24, 2.45) is 0 Å². The molecule has 0 bridgehead atoms. The molecule has 1 atom stereocenters. The Morgan fingerprint density at radius 3 is 2.50 bits per heavy atom. The van der Waals surface area contributed by atoms with Crippen molar-refractivity contribution in [3.8, 4) is 0 Å². The second-order valence-corrected chi connectivity index (χ2v) is 5.79. The number of aliphatic hydroxyl groups is 1. The zero-order chi connectivity index (χ0) is 14.2. The van der Waals surface area contributed by atoms with Gasteiger partial charge in [-0.25, -0.2) is 0 Å². The number of ether oxygens (including phenoxy) is 1. The molecule has 0 amide bonds. The fourth-order valence-corrected chi connectivity index (χ4v) is 2.78. The number of benzene rings is 2. The van der Waals surface area contributed by atoms with E-state index in [0.717, 1.165) is 5.56 Å². The van der Waals surface area contributed by atoms with Crippen molar-refractivity contribution in [1.29, 1.82) is 0 Å². The molecule has 2 rings (SSSR count). The third-order valence-electron chi connectivity index (χ3n) is 2.95. The van der Waals surface area contributed by atoms with Gasteiger partial charge in [-0.05, 0) is 24.1 Å². The number of aliphatic hydroxyl groups excluding tert-OH is 1. The van der Waals surface area contributed by atoms with E-state index < -0.39 is 6.10 Å². The summed E-state index contributed by atoms with van der Waals surface area (Å²) in [5.74, 6) is 0.652. The van der Waals surface area contributed by atoms with Gasteiger partial charge in [0, 0.05) is 10.6 Å². The van der Waals surface area contributed by atoms with Crippen LogP contribution in [0.5, 0.6) is 0 Å². The van der Waals surface area contributed by atoms with E-state index in [2.05, 4.69) is 19.1 Å². The lowest BCUT2D eigenvalue weighted by atomic mass is 10.2. The lowest BCUT2D eigenvalue weighted by Gasteiger charge is -2.12. The van der Waals surface area contributed by atoms with Gasteiger partial charge in [0.1, 0.15) is 0 Å². The molecule has 0 saturated heterocycles. The lowest BCUT2D eigenvalue weighted by Crippen LogP contribution is -2.17. The first kappa shape index (κ1) is 15.1. The molecular formula is C17H20O2S. The summed E-state index contributed by atoms with van der Waals surface area (Å²) in [6.45, 7) is 3.00. The van der Waals surface area contributed by atoms with E-state index in [9.17, 15) is 5.11 Å². The second-order valence-electron chi connectivity index (χ2n) is 4.73. The third-order valence-corrected chi connectivity index (χ3v) is 4.27. The molecule has 2 aromatic rings. The van der Waals surface area contributed by atoms with E-state index in [1.807, 2.05) is 42.5 Å². The van der Waals surface area contributed by atoms with Crippen molar-refractivity contribution in [2.75, 3.05) is 12.4 Å². The quantitative estimate of drug-likeness (QED) is 0.788. The summed E-state index contributed by atoms with van der Waals surface area (Å²) >= 11 is 1.67. The van der Waals surface area contributed by atoms with Crippen molar-refractivity contribution in [3.05, 3.63) is 65.7 Å². The number of hydrogen-bond donors (Lipinski definition) is 1. The van der Waals surface area contributed by atoms with E-state index >= 15 is 0 Å². The van der Waals surface area contributed by atoms with Crippen LogP contribution in [-0.2, 0) is 11.3 Å². The highest BCUT2D eigenvalue weighted by Crippen LogP contribution is 2.22. The largest absolute Gasteiger partial charge is 0.390 e. The first-order valence-electron chi connectivity index (χ1n) is 6.74. The van der Waals surface area contributed by atoms with E-state index in [4.69, 9.17) is 4.74 Å². The van der Waals surface area contributed by atoms with Crippen molar-refractivity contribution in [1.82, 2.24) is 0 Å². The molecule has 1 N–H and O–H groups in total. The standard InChI is InChI=1S/C17H20O2S/c1-14-7-5-6-10-17(14)20-13-16(18)12-19-11-15-8-3-2-4-9-15/h2-10,16,18H,11-13H2,1H3. The molecule has 20 heavy (non-hydrogen) atoms. The Morgan fingerprint density at radius 2 is 1.75 bits per heavy atom. The van der Waals surface area contributed by atoms with Gasteiger partial charge in [0.15, 0.2) is 0 Å². The zero-order valence-electron chi connectivity index (χ0n) is 11.7. The van der Waals surface area contributed by atoms with Gasteiger partial charge in [-0.2, -0.15) is 0 Å². The van der Waals surface area contributed by atoms with Gasteiger partial charge in [0.05, 0.1) is 19.3 Å². The molecule has 0 fully saturated rings. The van der Waals surface area contributed by atoms with Crippen molar-refractivity contribution >= 4 is 11.8 Å². The molecule has 0 aliphatic heterocycles. The van der Waals surface area contributed by atoms with Crippen LogP contribution in [-0.4, -0.2) is 23.6 Å². The molecule has 0 heterocycles. The molecule has 106 valence electrons. The molecule has 2 nitrogen and oxygen atoms in total. The molecule has 0 aliphatic carbocycles. The van der Waals surface area contributed by atoms with Crippen LogP contribution >= 0.6 is 11.8 Å². The average Bonchev–Trinajstić information content (AvgIpc) is 2.47. The van der Waals surface area contributed by atoms with Gasteiger partial charge in [-0.1, -0.05) is 48.5 Å². The fraction of sp³-hybridized carbons (Fsp3) is 0.294.